The lowest BCUT2D eigenvalue weighted by Crippen LogP contribution is -2.50. The Balaban J connectivity index is 1.65. The van der Waals surface area contributed by atoms with Crippen molar-refractivity contribution in [2.24, 2.45) is 0 Å². The van der Waals surface area contributed by atoms with Gasteiger partial charge in [0.1, 0.15) is 29.1 Å². The molecule has 11 nitrogen and oxygen atoms in total. The number of ether oxygens (including phenoxy) is 3. The van der Waals surface area contributed by atoms with E-state index >= 15 is 4.39 Å². The van der Waals surface area contributed by atoms with Crippen LogP contribution in [0.25, 0.3) is 0 Å². The van der Waals surface area contributed by atoms with E-state index in [1.165, 1.54) is 62.8 Å². The van der Waals surface area contributed by atoms with Gasteiger partial charge in [0, 0.05) is 11.8 Å². The third-order valence-electron chi connectivity index (χ3n) is 5.97. The number of aliphatic hydroxyl groups excluding tert-OH is 1. The van der Waals surface area contributed by atoms with Crippen molar-refractivity contribution in [3.05, 3.63) is 81.4 Å². The summed E-state index contributed by atoms with van der Waals surface area (Å²) in [5, 5.41) is 10.4. The molecule has 4 rings (SSSR count). The zero-order valence-electron chi connectivity index (χ0n) is 21.2. The van der Waals surface area contributed by atoms with E-state index < -0.39 is 60.9 Å². The van der Waals surface area contributed by atoms with Gasteiger partial charge in [-0.25, -0.2) is 18.0 Å². The molecule has 0 amide bonds. The molecule has 17 heteroatoms. The number of H-pyrrole nitrogens is 1. The van der Waals surface area contributed by atoms with Crippen LogP contribution >= 0.6 is 6.72 Å². The molecular weight excluding hydrogens is 599 g/mol. The highest BCUT2D eigenvalue weighted by Gasteiger charge is 2.62. The molecule has 1 aliphatic rings. The van der Waals surface area contributed by atoms with Crippen LogP contribution in [0.4, 0.5) is 17.6 Å². The maximum atomic E-state index is 15.4. The van der Waals surface area contributed by atoms with Crippen molar-refractivity contribution in [1.29, 1.82) is 0 Å². The van der Waals surface area contributed by atoms with Gasteiger partial charge < -0.3 is 28.4 Å². The Bertz CT molecular complexity index is 1470. The highest BCUT2D eigenvalue weighted by atomic mass is 32.5. The van der Waals surface area contributed by atoms with Crippen molar-refractivity contribution in [2.75, 3.05) is 20.8 Å². The highest BCUT2D eigenvalue weighted by Crippen LogP contribution is 2.53. The fraction of sp³-hybridized carbons (Fsp3) is 0.333. The summed E-state index contributed by atoms with van der Waals surface area (Å²) >= 11 is 5.45. The molecule has 2 N–H and O–H groups in total. The van der Waals surface area contributed by atoms with Crippen LogP contribution in [0.5, 0.6) is 23.0 Å². The first-order valence-electron chi connectivity index (χ1n) is 11.6. The van der Waals surface area contributed by atoms with Crippen molar-refractivity contribution >= 4 is 18.5 Å². The number of nitrogens with zero attached hydrogens (tertiary/aromatic N) is 1. The smallest absolute Gasteiger partial charge is 0.435 e. The molecule has 41 heavy (non-hydrogen) atoms. The maximum Gasteiger partial charge on any atom is 0.435 e. The predicted molar refractivity (Wildman–Crippen MR) is 139 cm³/mol. The lowest BCUT2D eigenvalue weighted by molar-refractivity contribution is -0.183. The average molecular weight is 622 g/mol. The number of aromatic amines is 1. The SMILES string of the molecule is COc1ccc(OP(=S)(OC[C@@]2(C(F)F)O[C@@H](n3cc(F)c(=O)[nH]c3=O)[C@H](O)[C@H]2F)Oc2ccc(OC)cc2)cc1. The van der Waals surface area contributed by atoms with Gasteiger partial charge in [-0.3, -0.25) is 18.9 Å². The number of halogens is 4. The van der Waals surface area contributed by atoms with Crippen molar-refractivity contribution in [2.45, 2.75) is 30.5 Å². The van der Waals surface area contributed by atoms with Gasteiger partial charge in [0.2, 0.25) is 5.82 Å². The van der Waals surface area contributed by atoms with E-state index in [4.69, 9.17) is 39.6 Å². The minimum absolute atomic E-state index is 0.0889. The summed E-state index contributed by atoms with van der Waals surface area (Å²) in [6, 6.07) is 11.8. The summed E-state index contributed by atoms with van der Waals surface area (Å²) in [7, 11) is 2.87. The van der Waals surface area contributed by atoms with Crippen LogP contribution in [0.1, 0.15) is 6.23 Å². The van der Waals surface area contributed by atoms with Gasteiger partial charge in [-0.05, 0) is 48.5 Å². The Morgan fingerprint density at radius 1 is 1.02 bits per heavy atom. The molecular formula is C24H23F4N2O9PS. The van der Waals surface area contributed by atoms with Crippen LogP contribution in [0.15, 0.2) is 64.3 Å². The van der Waals surface area contributed by atoms with Crippen LogP contribution in [-0.2, 0) is 21.1 Å². The minimum Gasteiger partial charge on any atom is -0.497 e. The topological polar surface area (TPSA) is 130 Å². The number of hydrogen-bond acceptors (Lipinski definition) is 10. The predicted octanol–water partition coefficient (Wildman–Crippen LogP) is 3.32. The molecule has 3 aromatic rings. The molecule has 2 heterocycles. The number of rotatable bonds is 11. The van der Waals surface area contributed by atoms with E-state index in [9.17, 15) is 27.9 Å². The molecule has 0 aliphatic carbocycles. The van der Waals surface area contributed by atoms with Crippen molar-refractivity contribution in [3.8, 4) is 23.0 Å². The first-order chi connectivity index (χ1) is 19.4. The van der Waals surface area contributed by atoms with E-state index in [0.29, 0.717) is 17.7 Å². The highest BCUT2D eigenvalue weighted by molar-refractivity contribution is 8.07. The lowest BCUT2D eigenvalue weighted by atomic mass is 9.98. The molecule has 4 atom stereocenters. The van der Waals surface area contributed by atoms with Gasteiger partial charge in [0.25, 0.3) is 12.0 Å². The Kier molecular flexibility index (Phi) is 9.09. The number of alkyl halides is 3. The van der Waals surface area contributed by atoms with Gasteiger partial charge in [-0.2, -0.15) is 4.39 Å². The summed E-state index contributed by atoms with van der Waals surface area (Å²) < 4.78 is 90.7. The molecule has 0 spiro atoms. The van der Waals surface area contributed by atoms with E-state index in [0.717, 1.165) is 0 Å². The van der Waals surface area contributed by atoms with E-state index in [-0.39, 0.29) is 16.1 Å². The molecule has 0 saturated carbocycles. The number of aromatic nitrogens is 2. The molecule has 1 aliphatic heterocycles. The summed E-state index contributed by atoms with van der Waals surface area (Å²) in [5.74, 6) is -0.393. The van der Waals surface area contributed by atoms with Crippen LogP contribution in [-0.4, -0.2) is 59.8 Å². The Morgan fingerprint density at radius 2 is 1.51 bits per heavy atom. The molecule has 1 aromatic heterocycles. The summed E-state index contributed by atoms with van der Waals surface area (Å²) in [6.07, 6.45) is -10.8. The number of benzene rings is 2. The number of hydrogen-bond donors (Lipinski definition) is 2. The fourth-order valence-corrected chi connectivity index (χ4v) is 5.73. The molecule has 0 radical (unpaired) electrons. The van der Waals surface area contributed by atoms with Crippen molar-refractivity contribution < 1.29 is 50.5 Å². The van der Waals surface area contributed by atoms with E-state index in [1.807, 2.05) is 0 Å². The molecule has 2 aromatic carbocycles. The van der Waals surface area contributed by atoms with Crippen molar-refractivity contribution in [1.82, 2.24) is 9.55 Å². The third-order valence-corrected chi connectivity index (χ3v) is 8.05. The maximum absolute atomic E-state index is 15.4. The first kappa shape index (κ1) is 30.5. The molecule has 1 fully saturated rings. The molecule has 1 saturated heterocycles. The van der Waals surface area contributed by atoms with Crippen molar-refractivity contribution in [3.63, 3.8) is 0 Å². The molecule has 222 valence electrons. The third kappa shape index (κ3) is 6.41. The molecule has 0 unspecified atom stereocenters. The summed E-state index contributed by atoms with van der Waals surface area (Å²) in [6.45, 7) is -5.42. The zero-order chi connectivity index (χ0) is 29.9. The number of aliphatic hydroxyl groups is 1. The van der Waals surface area contributed by atoms with Gasteiger partial charge in [-0.15, -0.1) is 0 Å². The zero-order valence-corrected chi connectivity index (χ0v) is 23.0. The Labute approximate surface area is 234 Å². The van der Waals surface area contributed by atoms with Gasteiger partial charge in [-0.1, -0.05) is 0 Å². The number of methoxy groups -OCH3 is 2. The fourth-order valence-electron chi connectivity index (χ4n) is 3.80. The van der Waals surface area contributed by atoms with Crippen LogP contribution in [0.3, 0.4) is 0 Å². The van der Waals surface area contributed by atoms with E-state index in [1.54, 1.807) is 4.98 Å². The Morgan fingerprint density at radius 3 is 1.98 bits per heavy atom. The van der Waals surface area contributed by atoms with Gasteiger partial charge in [0.05, 0.1) is 27.0 Å². The second-order valence-electron chi connectivity index (χ2n) is 8.55. The normalized spacial score (nSPS) is 22.5. The standard InChI is InChI=1S/C24H23F4N2O9PS/c1-34-13-3-7-15(8-4-13)38-40(41,39-16-9-5-14(35-2)6-10-16)36-12-24(22(27)28)19(26)18(31)21(37-24)30-11-17(25)20(32)29-23(30)33/h3-11,18-19,21-22,31H,12H2,1-2H3,(H,29,32,33)/t18-,19-,21-,24-/m1/s1. The minimum atomic E-state index is -4.09. The monoisotopic (exact) mass is 622 g/mol. The number of nitrogens with one attached hydrogen (secondary N) is 1. The van der Waals surface area contributed by atoms with Crippen LogP contribution in [0, 0.1) is 5.82 Å². The largest absolute Gasteiger partial charge is 0.497 e. The average Bonchev–Trinajstić information content (AvgIpc) is 3.21. The van der Waals surface area contributed by atoms with Gasteiger partial charge >= 0.3 is 12.4 Å². The second-order valence-corrected chi connectivity index (χ2v) is 11.4. The van der Waals surface area contributed by atoms with E-state index in [2.05, 4.69) is 0 Å². The second kappa shape index (κ2) is 12.2. The summed E-state index contributed by atoms with van der Waals surface area (Å²) in [5.41, 5.74) is -5.97. The quantitative estimate of drug-likeness (QED) is 0.243. The summed E-state index contributed by atoms with van der Waals surface area (Å²) in [4.78, 5) is 25.1. The Hall–Kier alpha value is -3.43. The van der Waals surface area contributed by atoms with Gasteiger partial charge in [0.15, 0.2) is 18.0 Å². The molecule has 0 bridgehead atoms. The first-order valence-corrected chi connectivity index (χ1v) is 14.2. The lowest BCUT2D eigenvalue weighted by Gasteiger charge is -2.32. The van der Waals surface area contributed by atoms with Crippen LogP contribution in [0.2, 0.25) is 0 Å². The van der Waals surface area contributed by atoms with Crippen LogP contribution < -0.4 is 29.8 Å².